The van der Waals surface area contributed by atoms with Crippen molar-refractivity contribution in [3.8, 4) is 11.5 Å². The first-order chi connectivity index (χ1) is 14.0. The molecule has 1 heterocycles. The van der Waals surface area contributed by atoms with Crippen LogP contribution in [0.15, 0.2) is 60.0 Å². The number of benzene rings is 2. The van der Waals surface area contributed by atoms with Crippen molar-refractivity contribution in [2.45, 2.75) is 13.5 Å². The smallest absolute Gasteiger partial charge is 0.266 e. The first kappa shape index (κ1) is 21.4. The summed E-state index contributed by atoms with van der Waals surface area (Å²) in [6.45, 7) is 6.81. The number of carbonyl (C=O) groups is 1. The van der Waals surface area contributed by atoms with E-state index in [9.17, 15) is 4.79 Å². The number of ether oxygens (including phenoxy) is 2. The van der Waals surface area contributed by atoms with Crippen molar-refractivity contribution >= 4 is 51.9 Å². The first-order valence-electron chi connectivity index (χ1n) is 9.02. The summed E-state index contributed by atoms with van der Waals surface area (Å²) in [4.78, 5) is 14.6. The van der Waals surface area contributed by atoms with E-state index in [-0.39, 0.29) is 5.91 Å². The Morgan fingerprint density at radius 2 is 2.00 bits per heavy atom. The monoisotopic (exact) mass is 445 g/mol. The Kier molecular flexibility index (Phi) is 7.36. The van der Waals surface area contributed by atoms with E-state index in [0.717, 1.165) is 11.1 Å². The summed E-state index contributed by atoms with van der Waals surface area (Å²) in [7, 11) is 0. The Balaban J connectivity index is 1.81. The fourth-order valence-corrected chi connectivity index (χ4v) is 4.18. The number of rotatable bonds is 8. The van der Waals surface area contributed by atoms with Crippen LogP contribution in [0, 0.1) is 0 Å². The number of hydrogen-bond donors (Lipinski definition) is 0. The molecule has 3 rings (SSSR count). The number of nitrogens with zero attached hydrogens (tertiary/aromatic N) is 1. The van der Waals surface area contributed by atoms with Crippen LogP contribution in [-0.4, -0.2) is 28.3 Å². The maximum Gasteiger partial charge on any atom is 0.266 e. The molecule has 29 heavy (non-hydrogen) atoms. The van der Waals surface area contributed by atoms with Gasteiger partial charge in [0.1, 0.15) is 10.9 Å². The topological polar surface area (TPSA) is 38.8 Å². The van der Waals surface area contributed by atoms with Gasteiger partial charge in [0.25, 0.3) is 5.91 Å². The molecule has 0 N–H and O–H groups in total. The largest absolute Gasteiger partial charge is 0.490 e. The molecule has 7 heteroatoms. The van der Waals surface area contributed by atoms with Gasteiger partial charge in [0.15, 0.2) is 11.5 Å². The Morgan fingerprint density at radius 1 is 1.21 bits per heavy atom. The van der Waals surface area contributed by atoms with Gasteiger partial charge in [0, 0.05) is 17.1 Å². The van der Waals surface area contributed by atoms with Gasteiger partial charge in [-0.05, 0) is 36.8 Å². The third-order valence-electron chi connectivity index (χ3n) is 4.09. The van der Waals surface area contributed by atoms with Crippen LogP contribution in [0.2, 0.25) is 5.02 Å². The highest BCUT2D eigenvalue weighted by molar-refractivity contribution is 8.26. The van der Waals surface area contributed by atoms with E-state index in [1.54, 1.807) is 6.08 Å². The molecule has 1 aliphatic rings. The Labute approximate surface area is 185 Å². The van der Waals surface area contributed by atoms with Crippen molar-refractivity contribution in [3.05, 3.63) is 76.2 Å². The lowest BCUT2D eigenvalue weighted by atomic mass is 10.1. The number of thioether (sulfide) groups is 1. The van der Waals surface area contributed by atoms with Crippen molar-refractivity contribution < 1.29 is 14.3 Å². The Bertz CT molecular complexity index is 974. The maximum atomic E-state index is 12.5. The molecule has 0 saturated carbocycles. The fourth-order valence-electron chi connectivity index (χ4n) is 2.71. The molecular weight excluding hydrogens is 426 g/mol. The summed E-state index contributed by atoms with van der Waals surface area (Å²) >= 11 is 12.8. The summed E-state index contributed by atoms with van der Waals surface area (Å²) in [6, 6.07) is 13.1. The number of carbonyl (C=O) groups excluding carboxylic acids is 1. The molecule has 0 radical (unpaired) electrons. The molecule has 1 fully saturated rings. The van der Waals surface area contributed by atoms with Gasteiger partial charge in [0.2, 0.25) is 0 Å². The van der Waals surface area contributed by atoms with Gasteiger partial charge in [-0.15, -0.1) is 6.58 Å². The van der Waals surface area contributed by atoms with Gasteiger partial charge in [-0.3, -0.25) is 9.69 Å². The highest BCUT2D eigenvalue weighted by Crippen LogP contribution is 2.35. The second-order valence-corrected chi connectivity index (χ2v) is 8.18. The number of amides is 1. The standard InChI is InChI=1S/C22H20ClNO3S2/c1-3-11-24-21(25)20(29-22(24)28)13-15-9-10-18(19(12-15)26-4-2)27-14-16-7-5-6-8-17(16)23/h3,5-10,12-13H,1,4,11,14H2,2H3. The third-order valence-corrected chi connectivity index (χ3v) is 5.84. The van der Waals surface area contributed by atoms with Crippen LogP contribution in [0.3, 0.4) is 0 Å². The van der Waals surface area contributed by atoms with Crippen molar-refractivity contribution in [1.82, 2.24) is 4.90 Å². The van der Waals surface area contributed by atoms with Crippen molar-refractivity contribution in [2.75, 3.05) is 13.2 Å². The summed E-state index contributed by atoms with van der Waals surface area (Å²) in [5.74, 6) is 1.11. The minimum Gasteiger partial charge on any atom is -0.490 e. The molecule has 4 nitrogen and oxygen atoms in total. The molecule has 2 aromatic carbocycles. The second-order valence-electron chi connectivity index (χ2n) is 6.10. The van der Waals surface area contributed by atoms with Crippen molar-refractivity contribution in [2.24, 2.45) is 0 Å². The minimum absolute atomic E-state index is 0.114. The lowest BCUT2D eigenvalue weighted by Crippen LogP contribution is -2.27. The van der Waals surface area contributed by atoms with E-state index in [1.807, 2.05) is 55.5 Å². The molecule has 1 aliphatic heterocycles. The van der Waals surface area contributed by atoms with Gasteiger partial charge >= 0.3 is 0 Å². The van der Waals surface area contributed by atoms with Crippen LogP contribution >= 0.6 is 35.6 Å². The van der Waals surface area contributed by atoms with Crippen LogP contribution < -0.4 is 9.47 Å². The lowest BCUT2D eigenvalue weighted by molar-refractivity contribution is -0.121. The molecule has 0 unspecified atom stereocenters. The van der Waals surface area contributed by atoms with Crippen LogP contribution in [-0.2, 0) is 11.4 Å². The maximum absolute atomic E-state index is 12.5. The molecular formula is C22H20ClNO3S2. The fraction of sp³-hybridized carbons (Fsp3) is 0.182. The first-order valence-corrected chi connectivity index (χ1v) is 10.6. The molecule has 0 bridgehead atoms. The molecule has 1 saturated heterocycles. The van der Waals surface area contributed by atoms with E-state index in [1.165, 1.54) is 16.7 Å². The van der Waals surface area contributed by atoms with Gasteiger partial charge in [-0.2, -0.15) is 0 Å². The van der Waals surface area contributed by atoms with E-state index in [2.05, 4.69) is 6.58 Å². The van der Waals surface area contributed by atoms with E-state index < -0.39 is 0 Å². The number of halogens is 1. The summed E-state index contributed by atoms with van der Waals surface area (Å²) in [5.41, 5.74) is 1.73. The van der Waals surface area contributed by atoms with Crippen LogP contribution in [0.1, 0.15) is 18.1 Å². The summed E-state index contributed by atoms with van der Waals surface area (Å²) in [5, 5.41) is 0.656. The van der Waals surface area contributed by atoms with Crippen LogP contribution in [0.5, 0.6) is 11.5 Å². The SMILES string of the molecule is C=CCN1C(=O)C(=Cc2ccc(OCc3ccccc3Cl)c(OCC)c2)SC1=S. The van der Waals surface area contributed by atoms with E-state index in [0.29, 0.717) is 45.5 Å². The minimum atomic E-state index is -0.114. The Morgan fingerprint density at radius 3 is 2.72 bits per heavy atom. The molecule has 0 aliphatic carbocycles. The van der Waals surface area contributed by atoms with Crippen molar-refractivity contribution in [1.29, 1.82) is 0 Å². The predicted octanol–water partition coefficient (Wildman–Crippen LogP) is 5.70. The third kappa shape index (κ3) is 5.21. The highest BCUT2D eigenvalue weighted by Gasteiger charge is 2.31. The summed E-state index contributed by atoms with van der Waals surface area (Å²) < 4.78 is 12.2. The average Bonchev–Trinajstić information content (AvgIpc) is 2.96. The zero-order valence-corrected chi connectivity index (χ0v) is 18.3. The van der Waals surface area contributed by atoms with Gasteiger partial charge < -0.3 is 9.47 Å². The molecule has 0 atom stereocenters. The molecule has 0 aromatic heterocycles. The van der Waals surface area contributed by atoms with E-state index >= 15 is 0 Å². The summed E-state index contributed by atoms with van der Waals surface area (Å²) in [6.07, 6.45) is 3.47. The lowest BCUT2D eigenvalue weighted by Gasteiger charge is -2.13. The average molecular weight is 446 g/mol. The molecule has 2 aromatic rings. The molecule has 1 amide bonds. The van der Waals surface area contributed by atoms with Gasteiger partial charge in [-0.1, -0.05) is 65.9 Å². The quantitative estimate of drug-likeness (QED) is 0.296. The van der Waals surface area contributed by atoms with E-state index in [4.69, 9.17) is 33.3 Å². The predicted molar refractivity (Wildman–Crippen MR) is 123 cm³/mol. The zero-order chi connectivity index (χ0) is 20.8. The zero-order valence-electron chi connectivity index (χ0n) is 15.9. The van der Waals surface area contributed by atoms with Crippen LogP contribution in [0.25, 0.3) is 6.08 Å². The van der Waals surface area contributed by atoms with Crippen LogP contribution in [0.4, 0.5) is 0 Å². The highest BCUT2D eigenvalue weighted by atomic mass is 35.5. The molecule has 0 spiro atoms. The normalized spacial score (nSPS) is 15.1. The van der Waals surface area contributed by atoms with Crippen molar-refractivity contribution in [3.63, 3.8) is 0 Å². The number of thiocarbonyl (C=S) groups is 1. The number of hydrogen-bond acceptors (Lipinski definition) is 5. The Hall–Kier alpha value is -2.28. The molecule has 150 valence electrons. The van der Waals surface area contributed by atoms with Gasteiger partial charge in [0.05, 0.1) is 11.5 Å². The van der Waals surface area contributed by atoms with Gasteiger partial charge in [-0.25, -0.2) is 0 Å². The second kappa shape index (κ2) is 9.96.